The Hall–Kier alpha value is -1.46. The summed E-state index contributed by atoms with van der Waals surface area (Å²) >= 11 is 0. The number of nitrogens with zero attached hydrogens (tertiary/aromatic N) is 1. The molecule has 2 rings (SSSR count). The molecule has 0 saturated carbocycles. The van der Waals surface area contributed by atoms with Gasteiger partial charge in [0, 0.05) is 32.2 Å². The first-order valence-corrected chi connectivity index (χ1v) is 7.59. The van der Waals surface area contributed by atoms with Crippen molar-refractivity contribution in [1.82, 2.24) is 10.2 Å². The summed E-state index contributed by atoms with van der Waals surface area (Å²) in [7, 11) is 0. The number of ketones is 1. The van der Waals surface area contributed by atoms with Crippen LogP contribution in [0.2, 0.25) is 0 Å². The van der Waals surface area contributed by atoms with Crippen molar-refractivity contribution in [3.8, 4) is 5.75 Å². The molecule has 1 saturated heterocycles. The number of unbranched alkanes of at least 4 members (excludes halogenated alkanes) is 1. The quantitative estimate of drug-likeness (QED) is 0.617. The molecule has 0 aromatic heterocycles. The van der Waals surface area contributed by atoms with Crippen molar-refractivity contribution in [2.24, 2.45) is 0 Å². The van der Waals surface area contributed by atoms with Crippen LogP contribution in [-0.4, -0.2) is 50.0 Å². The Labute approximate surface area is 125 Å². The maximum atomic E-state index is 14.0. The van der Waals surface area contributed by atoms with Gasteiger partial charge >= 0.3 is 0 Å². The van der Waals surface area contributed by atoms with Crippen molar-refractivity contribution in [3.63, 3.8) is 0 Å². The molecule has 0 spiro atoms. The van der Waals surface area contributed by atoms with Crippen molar-refractivity contribution in [2.45, 2.75) is 19.8 Å². The second-order valence-corrected chi connectivity index (χ2v) is 5.29. The average molecular weight is 294 g/mol. The minimum Gasteiger partial charge on any atom is -0.493 e. The molecule has 0 atom stereocenters. The number of piperazine rings is 1. The third kappa shape index (κ3) is 4.79. The van der Waals surface area contributed by atoms with Crippen LogP contribution in [0.3, 0.4) is 0 Å². The maximum Gasteiger partial charge on any atom is 0.179 e. The Morgan fingerprint density at radius 1 is 1.38 bits per heavy atom. The fourth-order valence-electron chi connectivity index (χ4n) is 2.30. The molecule has 1 aromatic rings. The van der Waals surface area contributed by atoms with Crippen LogP contribution in [-0.2, 0) is 0 Å². The summed E-state index contributed by atoms with van der Waals surface area (Å²) < 4.78 is 19.5. The van der Waals surface area contributed by atoms with E-state index in [9.17, 15) is 9.18 Å². The number of ether oxygens (including phenoxy) is 1. The van der Waals surface area contributed by atoms with E-state index in [1.54, 1.807) is 6.07 Å². The van der Waals surface area contributed by atoms with E-state index in [-0.39, 0.29) is 17.9 Å². The van der Waals surface area contributed by atoms with Crippen molar-refractivity contribution >= 4 is 5.78 Å². The van der Waals surface area contributed by atoms with Crippen molar-refractivity contribution < 1.29 is 13.9 Å². The highest BCUT2D eigenvalue weighted by atomic mass is 19.1. The minimum absolute atomic E-state index is 0.149. The van der Waals surface area contributed by atoms with Crippen LogP contribution in [0.5, 0.6) is 5.75 Å². The molecule has 1 aliphatic rings. The highest BCUT2D eigenvalue weighted by Gasteiger charge is 2.18. The summed E-state index contributed by atoms with van der Waals surface area (Å²) in [5.41, 5.74) is 0.149. The van der Waals surface area contributed by atoms with Crippen LogP contribution in [0.15, 0.2) is 18.2 Å². The summed E-state index contributed by atoms with van der Waals surface area (Å²) in [6.07, 6.45) is 1.97. The van der Waals surface area contributed by atoms with E-state index in [1.165, 1.54) is 12.1 Å². The van der Waals surface area contributed by atoms with Gasteiger partial charge in [0.05, 0.1) is 18.7 Å². The average Bonchev–Trinajstić information content (AvgIpc) is 2.48. The smallest absolute Gasteiger partial charge is 0.179 e. The fraction of sp³-hybridized carbons (Fsp3) is 0.562. The molecular weight excluding hydrogens is 271 g/mol. The van der Waals surface area contributed by atoms with E-state index >= 15 is 0 Å². The Morgan fingerprint density at radius 2 is 2.14 bits per heavy atom. The van der Waals surface area contributed by atoms with E-state index in [1.807, 2.05) is 4.90 Å². The van der Waals surface area contributed by atoms with Gasteiger partial charge in [-0.05, 0) is 18.6 Å². The van der Waals surface area contributed by atoms with Crippen LogP contribution >= 0.6 is 0 Å². The van der Waals surface area contributed by atoms with E-state index < -0.39 is 5.82 Å². The zero-order chi connectivity index (χ0) is 15.1. The van der Waals surface area contributed by atoms with E-state index in [0.717, 1.165) is 39.0 Å². The number of rotatable bonds is 7. The number of benzene rings is 1. The van der Waals surface area contributed by atoms with Gasteiger partial charge in [0.15, 0.2) is 5.78 Å². The van der Waals surface area contributed by atoms with Gasteiger partial charge < -0.3 is 10.1 Å². The van der Waals surface area contributed by atoms with Crippen molar-refractivity contribution in [1.29, 1.82) is 0 Å². The Balaban J connectivity index is 1.94. The molecule has 1 heterocycles. The number of hydrogen-bond donors (Lipinski definition) is 1. The largest absolute Gasteiger partial charge is 0.493 e. The lowest BCUT2D eigenvalue weighted by Crippen LogP contribution is -2.45. The molecule has 0 amide bonds. The molecule has 1 aromatic carbocycles. The number of nitrogens with one attached hydrogen (secondary N) is 1. The highest BCUT2D eigenvalue weighted by Crippen LogP contribution is 2.18. The third-order valence-corrected chi connectivity index (χ3v) is 3.58. The number of halogens is 1. The molecule has 1 N–H and O–H groups in total. The van der Waals surface area contributed by atoms with Gasteiger partial charge in [-0.25, -0.2) is 4.39 Å². The van der Waals surface area contributed by atoms with Crippen molar-refractivity contribution in [3.05, 3.63) is 29.6 Å². The summed E-state index contributed by atoms with van der Waals surface area (Å²) in [5, 5.41) is 3.23. The number of carbonyl (C=O) groups is 1. The zero-order valence-corrected chi connectivity index (χ0v) is 12.5. The number of carbonyl (C=O) groups excluding carboxylic acids is 1. The van der Waals surface area contributed by atoms with Gasteiger partial charge in [0.2, 0.25) is 0 Å². The molecule has 116 valence electrons. The van der Waals surface area contributed by atoms with Crippen LogP contribution in [0.1, 0.15) is 30.1 Å². The van der Waals surface area contributed by atoms with Gasteiger partial charge in [0.1, 0.15) is 11.6 Å². The lowest BCUT2D eigenvalue weighted by molar-refractivity contribution is 0.0917. The molecule has 1 fully saturated rings. The van der Waals surface area contributed by atoms with E-state index in [2.05, 4.69) is 12.2 Å². The molecule has 0 unspecified atom stereocenters. The first-order valence-electron chi connectivity index (χ1n) is 7.59. The van der Waals surface area contributed by atoms with Crippen molar-refractivity contribution in [2.75, 3.05) is 39.3 Å². The predicted octanol–water partition coefficient (Wildman–Crippen LogP) is 2.09. The SMILES string of the molecule is CCCCOc1ccc(C(=O)CN2CCNCC2)c(F)c1. The summed E-state index contributed by atoms with van der Waals surface area (Å²) in [6, 6.07) is 4.51. The van der Waals surface area contributed by atoms with Gasteiger partial charge in [-0.15, -0.1) is 0 Å². The molecule has 5 heteroatoms. The Kier molecular flexibility index (Phi) is 6.14. The van der Waals surface area contributed by atoms with Gasteiger partial charge in [0.25, 0.3) is 0 Å². The summed E-state index contributed by atoms with van der Waals surface area (Å²) in [4.78, 5) is 14.2. The number of hydrogen-bond acceptors (Lipinski definition) is 4. The third-order valence-electron chi connectivity index (χ3n) is 3.58. The van der Waals surface area contributed by atoms with Gasteiger partial charge in [-0.1, -0.05) is 13.3 Å². The lowest BCUT2D eigenvalue weighted by atomic mass is 10.1. The Morgan fingerprint density at radius 3 is 2.81 bits per heavy atom. The van der Waals surface area contributed by atoms with E-state index in [0.29, 0.717) is 12.4 Å². The van der Waals surface area contributed by atoms with Gasteiger partial charge in [-0.3, -0.25) is 9.69 Å². The molecule has 0 radical (unpaired) electrons. The minimum atomic E-state index is -0.496. The van der Waals surface area contributed by atoms with Gasteiger partial charge in [-0.2, -0.15) is 0 Å². The predicted molar refractivity (Wildman–Crippen MR) is 80.4 cm³/mol. The Bertz CT molecular complexity index is 473. The molecular formula is C16H23FN2O2. The highest BCUT2D eigenvalue weighted by molar-refractivity contribution is 5.98. The molecule has 1 aliphatic heterocycles. The molecule has 21 heavy (non-hydrogen) atoms. The maximum absolute atomic E-state index is 14.0. The molecule has 4 nitrogen and oxygen atoms in total. The van der Waals surface area contributed by atoms with E-state index in [4.69, 9.17) is 4.74 Å². The monoisotopic (exact) mass is 294 g/mol. The summed E-state index contributed by atoms with van der Waals surface area (Å²) in [6.45, 7) is 6.32. The summed E-state index contributed by atoms with van der Waals surface area (Å²) in [5.74, 6) is -0.182. The second-order valence-electron chi connectivity index (χ2n) is 5.29. The topological polar surface area (TPSA) is 41.6 Å². The number of Topliss-reactive ketones (excluding diaryl/α,β-unsaturated/α-hetero) is 1. The van der Waals surface area contributed by atoms with Crippen LogP contribution in [0.4, 0.5) is 4.39 Å². The lowest BCUT2D eigenvalue weighted by Gasteiger charge is -2.26. The first-order chi connectivity index (χ1) is 10.2. The van der Waals surface area contributed by atoms with Crippen LogP contribution < -0.4 is 10.1 Å². The van der Waals surface area contributed by atoms with Crippen LogP contribution in [0.25, 0.3) is 0 Å². The fourth-order valence-corrected chi connectivity index (χ4v) is 2.30. The zero-order valence-electron chi connectivity index (χ0n) is 12.5. The second kappa shape index (κ2) is 8.10. The molecule has 0 aliphatic carbocycles. The molecule has 0 bridgehead atoms. The standard InChI is InChI=1S/C16H23FN2O2/c1-2-3-10-21-13-4-5-14(15(17)11-13)16(20)12-19-8-6-18-7-9-19/h4-5,11,18H,2-3,6-10,12H2,1H3. The van der Waals surface area contributed by atoms with Crippen LogP contribution in [0, 0.1) is 5.82 Å². The first kappa shape index (κ1) is 15.9. The normalized spacial score (nSPS) is 15.9.